The van der Waals surface area contributed by atoms with Gasteiger partial charge in [-0.2, -0.15) is 0 Å². The predicted molar refractivity (Wildman–Crippen MR) is 185 cm³/mol. The van der Waals surface area contributed by atoms with Crippen LogP contribution >= 0.6 is 0 Å². The van der Waals surface area contributed by atoms with Crippen LogP contribution < -0.4 is 0 Å². The minimum atomic E-state index is -0.701. The van der Waals surface area contributed by atoms with E-state index in [-0.39, 0.29) is 17.4 Å². The fraction of sp³-hybridized carbons (Fsp3) is 0.432. The molecule has 0 bridgehead atoms. The Balaban J connectivity index is 1.51. The number of nitro groups is 1. The van der Waals surface area contributed by atoms with E-state index >= 15 is 0 Å². The number of aliphatic imine (C=N–C) groups is 1. The van der Waals surface area contributed by atoms with Crippen LogP contribution in [0.2, 0.25) is 0 Å². The van der Waals surface area contributed by atoms with Crippen molar-refractivity contribution in [1.82, 2.24) is 19.8 Å². The molecule has 1 atom stereocenters. The summed E-state index contributed by atoms with van der Waals surface area (Å²) in [5.41, 5.74) is 8.03. The molecule has 1 saturated heterocycles. The Labute approximate surface area is 271 Å². The summed E-state index contributed by atoms with van der Waals surface area (Å²) < 4.78 is 0. The first-order valence-electron chi connectivity index (χ1n) is 16.3. The molecule has 1 N–H and O–H groups in total. The summed E-state index contributed by atoms with van der Waals surface area (Å²) in [4.78, 5) is 41.6. The zero-order chi connectivity index (χ0) is 33.0. The number of amidine groups is 1. The molecule has 9 nitrogen and oxygen atoms in total. The zero-order valence-electron chi connectivity index (χ0n) is 28.0. The molecule has 2 aromatic carbocycles. The van der Waals surface area contributed by atoms with Crippen LogP contribution in [0.15, 0.2) is 65.9 Å². The molecular weight excluding hydrogens is 576 g/mol. The Morgan fingerprint density at radius 2 is 1.78 bits per heavy atom. The van der Waals surface area contributed by atoms with Gasteiger partial charge < -0.3 is 14.8 Å². The molecule has 0 radical (unpaired) electrons. The number of aromatic nitrogens is 2. The van der Waals surface area contributed by atoms with E-state index in [0.717, 1.165) is 46.3 Å². The number of fused-ring (bicyclic) bond motifs is 1. The molecule has 5 rings (SSSR count). The van der Waals surface area contributed by atoms with Gasteiger partial charge in [-0.1, -0.05) is 23.3 Å². The van der Waals surface area contributed by atoms with Gasteiger partial charge in [-0.25, -0.2) is 0 Å². The number of hydrogen-bond acceptors (Lipinski definition) is 5. The maximum Gasteiger partial charge on any atom is 0.260 e. The lowest BCUT2D eigenvalue weighted by Gasteiger charge is -2.31. The first-order chi connectivity index (χ1) is 22.0. The number of aromatic amines is 1. The zero-order valence-corrected chi connectivity index (χ0v) is 28.0. The van der Waals surface area contributed by atoms with E-state index in [9.17, 15) is 14.9 Å². The number of carbonyl (C=O) groups excluding carboxylic acids is 1. The minimum absolute atomic E-state index is 0.105. The van der Waals surface area contributed by atoms with Gasteiger partial charge in [-0.15, -0.1) is 0 Å². The first kappa shape index (κ1) is 32.9. The largest absolute Gasteiger partial charge is 0.354 e. The lowest BCUT2D eigenvalue weighted by atomic mass is 9.82. The molecule has 0 spiro atoms. The van der Waals surface area contributed by atoms with Crippen LogP contribution in [-0.2, 0) is 16.6 Å². The van der Waals surface area contributed by atoms with E-state index in [1.807, 2.05) is 44.7 Å². The quantitative estimate of drug-likeness (QED) is 0.0867. The van der Waals surface area contributed by atoms with Gasteiger partial charge in [0.15, 0.2) is 5.84 Å². The molecule has 1 fully saturated rings. The molecule has 0 aliphatic carbocycles. The van der Waals surface area contributed by atoms with Gasteiger partial charge in [0.25, 0.3) is 6.54 Å². The number of H-pyrrole nitrogens is 1. The summed E-state index contributed by atoms with van der Waals surface area (Å²) in [6, 6.07) is 16.8. The average molecular weight is 623 g/mol. The van der Waals surface area contributed by atoms with Crippen molar-refractivity contribution in [3.05, 3.63) is 98.9 Å². The van der Waals surface area contributed by atoms with Gasteiger partial charge in [-0.3, -0.25) is 24.9 Å². The standard InChI is InChI=1S/C37H46N6O3/c1-7-41(8-2)36(44)37(5,6)30-9-10-33-32(22-30)31(35(40-33)29-20-25(3)19-26(4)21-29)13-17-39-34(24-43(45)46)42-18-14-28(23-42)27-11-15-38-16-12-27/h9-12,15-16,19-22,28,40H,7-8,13-14,17-18,23-24H2,1-6H3. The number of aryl methyl sites for hydroxylation is 2. The van der Waals surface area contributed by atoms with Gasteiger partial charge in [0.2, 0.25) is 5.91 Å². The summed E-state index contributed by atoms with van der Waals surface area (Å²) in [6.45, 7) is 15.1. The van der Waals surface area contributed by atoms with Gasteiger partial charge in [-0.05, 0) is 113 Å². The molecule has 1 unspecified atom stereocenters. The third-order valence-electron chi connectivity index (χ3n) is 9.38. The SMILES string of the molecule is CCN(CC)C(=O)C(C)(C)c1ccc2[nH]c(-c3cc(C)cc(C)c3)c(CCN=C(C[N+](=O)[O-])N3CCC(c4ccncc4)C3)c2c1. The molecular formula is C37H46N6O3. The first-order valence-corrected chi connectivity index (χ1v) is 16.3. The summed E-state index contributed by atoms with van der Waals surface area (Å²) in [5, 5.41) is 12.8. The molecule has 0 saturated carbocycles. The Bertz CT molecular complexity index is 1720. The second kappa shape index (κ2) is 13.8. The van der Waals surface area contributed by atoms with E-state index in [1.54, 1.807) is 12.4 Å². The van der Waals surface area contributed by atoms with Gasteiger partial charge >= 0.3 is 0 Å². The van der Waals surface area contributed by atoms with Crippen molar-refractivity contribution in [3.8, 4) is 11.3 Å². The van der Waals surface area contributed by atoms with Gasteiger partial charge in [0.1, 0.15) is 0 Å². The molecule has 46 heavy (non-hydrogen) atoms. The Morgan fingerprint density at radius 3 is 2.43 bits per heavy atom. The highest BCUT2D eigenvalue weighted by Gasteiger charge is 2.33. The van der Waals surface area contributed by atoms with Crippen molar-refractivity contribution in [2.45, 2.75) is 65.7 Å². The number of benzene rings is 2. The molecule has 3 heterocycles. The molecule has 1 amide bonds. The molecule has 242 valence electrons. The van der Waals surface area contributed by atoms with Crippen LogP contribution in [0.5, 0.6) is 0 Å². The number of hydrogen-bond donors (Lipinski definition) is 1. The van der Waals surface area contributed by atoms with E-state index in [4.69, 9.17) is 4.99 Å². The number of nitrogens with zero attached hydrogens (tertiary/aromatic N) is 5. The van der Waals surface area contributed by atoms with Crippen LogP contribution in [0.3, 0.4) is 0 Å². The second-order valence-electron chi connectivity index (χ2n) is 13.0. The van der Waals surface area contributed by atoms with E-state index < -0.39 is 5.41 Å². The fourth-order valence-corrected chi connectivity index (χ4v) is 6.86. The van der Waals surface area contributed by atoms with E-state index in [2.05, 4.69) is 65.1 Å². The summed E-state index contributed by atoms with van der Waals surface area (Å²) in [7, 11) is 0. The molecule has 2 aromatic heterocycles. The lowest BCUT2D eigenvalue weighted by Crippen LogP contribution is -2.43. The average Bonchev–Trinajstić information content (AvgIpc) is 3.66. The smallest absolute Gasteiger partial charge is 0.260 e. The van der Waals surface area contributed by atoms with Crippen molar-refractivity contribution in [3.63, 3.8) is 0 Å². The summed E-state index contributed by atoms with van der Waals surface area (Å²) in [6.07, 6.45) is 5.11. The molecule has 1 aliphatic rings. The highest BCUT2D eigenvalue weighted by molar-refractivity contribution is 5.94. The van der Waals surface area contributed by atoms with E-state index in [0.29, 0.717) is 44.4 Å². The summed E-state index contributed by atoms with van der Waals surface area (Å²) in [5.74, 6) is 0.930. The third-order valence-corrected chi connectivity index (χ3v) is 9.38. The van der Waals surface area contributed by atoms with Gasteiger partial charge in [0.05, 0.1) is 5.41 Å². The number of rotatable bonds is 11. The Kier molecular flexibility index (Phi) is 9.89. The van der Waals surface area contributed by atoms with Crippen LogP contribution in [-0.4, -0.2) is 75.7 Å². The van der Waals surface area contributed by atoms with Gasteiger partial charge in [0, 0.05) is 72.6 Å². The fourth-order valence-electron chi connectivity index (χ4n) is 6.86. The maximum atomic E-state index is 13.6. The molecule has 4 aromatic rings. The second-order valence-corrected chi connectivity index (χ2v) is 13.0. The number of amides is 1. The Hall–Kier alpha value is -4.53. The van der Waals surface area contributed by atoms with Crippen LogP contribution in [0.4, 0.5) is 0 Å². The highest BCUT2D eigenvalue weighted by atomic mass is 16.6. The topological polar surface area (TPSA) is 108 Å². The van der Waals surface area contributed by atoms with E-state index in [1.165, 1.54) is 16.7 Å². The van der Waals surface area contributed by atoms with Crippen LogP contribution in [0.1, 0.15) is 67.9 Å². The number of pyridine rings is 1. The number of carbonyl (C=O) groups is 1. The third kappa shape index (κ3) is 6.98. The number of likely N-dealkylation sites (N-methyl/N-ethyl adjacent to an activating group) is 1. The lowest BCUT2D eigenvalue weighted by molar-refractivity contribution is -0.464. The van der Waals surface area contributed by atoms with Crippen molar-refractivity contribution in [1.29, 1.82) is 0 Å². The Morgan fingerprint density at radius 1 is 1.09 bits per heavy atom. The van der Waals surface area contributed by atoms with Crippen LogP contribution in [0, 0.1) is 24.0 Å². The normalized spacial score (nSPS) is 15.5. The number of nitrogens with one attached hydrogen (secondary N) is 1. The van der Waals surface area contributed by atoms with Crippen molar-refractivity contribution in [2.75, 3.05) is 39.3 Å². The monoisotopic (exact) mass is 622 g/mol. The van der Waals surface area contributed by atoms with Crippen molar-refractivity contribution < 1.29 is 9.72 Å². The molecule has 1 aliphatic heterocycles. The van der Waals surface area contributed by atoms with Crippen molar-refractivity contribution >= 4 is 22.6 Å². The number of likely N-dealkylation sites (tertiary alicyclic amines) is 1. The van der Waals surface area contributed by atoms with Crippen LogP contribution in [0.25, 0.3) is 22.2 Å². The maximum absolute atomic E-state index is 13.6. The predicted octanol–water partition coefficient (Wildman–Crippen LogP) is 6.70. The summed E-state index contributed by atoms with van der Waals surface area (Å²) >= 11 is 0. The highest BCUT2D eigenvalue weighted by Crippen LogP contribution is 2.36. The van der Waals surface area contributed by atoms with Crippen molar-refractivity contribution in [2.24, 2.45) is 4.99 Å². The minimum Gasteiger partial charge on any atom is -0.354 e. The molecule has 9 heteroatoms.